The van der Waals surface area contributed by atoms with Crippen molar-refractivity contribution in [3.63, 3.8) is 0 Å². The van der Waals surface area contributed by atoms with E-state index >= 15 is 0 Å². The Hall–Kier alpha value is -2.14. The van der Waals surface area contributed by atoms with Crippen LogP contribution in [-0.4, -0.2) is 16.6 Å². The zero-order valence-electron chi connectivity index (χ0n) is 11.6. The fourth-order valence-electron chi connectivity index (χ4n) is 1.87. The Morgan fingerprint density at radius 1 is 1.30 bits per heavy atom. The van der Waals surface area contributed by atoms with Crippen LogP contribution in [0, 0.1) is 0 Å². The van der Waals surface area contributed by atoms with E-state index in [1.807, 2.05) is 24.3 Å². The van der Waals surface area contributed by atoms with E-state index in [1.54, 1.807) is 0 Å². The molecule has 5 nitrogen and oxygen atoms in total. The second-order valence-corrected chi connectivity index (χ2v) is 4.48. The smallest absolute Gasteiger partial charge is 0.251 e. The average Bonchev–Trinajstić information content (AvgIpc) is 2.47. The van der Waals surface area contributed by atoms with Crippen molar-refractivity contribution in [2.45, 2.75) is 26.3 Å². The molecule has 0 unspecified atom stereocenters. The molecule has 0 saturated heterocycles. The van der Waals surface area contributed by atoms with Crippen LogP contribution in [0.1, 0.15) is 24.0 Å². The largest absolute Gasteiger partial charge is 0.493 e. The Kier molecular flexibility index (Phi) is 4.90. The lowest BCUT2D eigenvalue weighted by atomic mass is 10.2. The minimum Gasteiger partial charge on any atom is -0.493 e. The molecule has 106 valence electrons. The molecule has 3 N–H and O–H groups in total. The number of ether oxygens (including phenoxy) is 1. The summed E-state index contributed by atoms with van der Waals surface area (Å²) < 4.78 is 5.63. The Morgan fingerprint density at radius 2 is 2.05 bits per heavy atom. The van der Waals surface area contributed by atoms with Crippen LogP contribution < -0.4 is 16.0 Å². The summed E-state index contributed by atoms with van der Waals surface area (Å²) in [6, 6.07) is 9.40. The van der Waals surface area contributed by atoms with Gasteiger partial charge in [0.05, 0.1) is 12.3 Å². The van der Waals surface area contributed by atoms with Crippen molar-refractivity contribution in [3.05, 3.63) is 57.8 Å². The molecule has 0 spiro atoms. The summed E-state index contributed by atoms with van der Waals surface area (Å²) in [5.74, 6) is 1.42. The predicted molar refractivity (Wildman–Crippen MR) is 77.8 cm³/mol. The number of aromatic nitrogens is 2. The molecule has 2 aromatic rings. The van der Waals surface area contributed by atoms with Crippen molar-refractivity contribution in [3.8, 4) is 5.75 Å². The maximum absolute atomic E-state index is 11.4. The van der Waals surface area contributed by atoms with Crippen LogP contribution in [0.25, 0.3) is 0 Å². The molecule has 0 fully saturated rings. The number of nitrogens with two attached hydrogens (primary N) is 1. The van der Waals surface area contributed by atoms with Crippen LogP contribution in [-0.2, 0) is 19.4 Å². The molecular weight excluding hydrogens is 254 g/mol. The highest BCUT2D eigenvalue weighted by Crippen LogP contribution is 2.12. The van der Waals surface area contributed by atoms with E-state index < -0.39 is 0 Å². The van der Waals surface area contributed by atoms with Gasteiger partial charge in [-0.25, -0.2) is 4.98 Å². The van der Waals surface area contributed by atoms with Gasteiger partial charge in [-0.1, -0.05) is 19.1 Å². The van der Waals surface area contributed by atoms with Crippen molar-refractivity contribution >= 4 is 0 Å². The van der Waals surface area contributed by atoms with E-state index in [-0.39, 0.29) is 12.1 Å². The second kappa shape index (κ2) is 6.86. The highest BCUT2D eigenvalue weighted by atomic mass is 16.5. The highest BCUT2D eigenvalue weighted by Gasteiger charge is 2.01. The van der Waals surface area contributed by atoms with Crippen LogP contribution in [0.15, 0.2) is 35.1 Å². The average molecular weight is 273 g/mol. The first-order valence-corrected chi connectivity index (χ1v) is 6.72. The predicted octanol–water partition coefficient (Wildman–Crippen LogP) is 1.41. The molecule has 0 atom stereocenters. The van der Waals surface area contributed by atoms with Crippen LogP contribution in [0.5, 0.6) is 5.75 Å². The van der Waals surface area contributed by atoms with Gasteiger partial charge in [-0.2, -0.15) is 0 Å². The van der Waals surface area contributed by atoms with E-state index in [0.29, 0.717) is 24.5 Å². The fourth-order valence-corrected chi connectivity index (χ4v) is 1.87. The molecule has 1 heterocycles. The Morgan fingerprint density at radius 3 is 2.70 bits per heavy atom. The van der Waals surface area contributed by atoms with Gasteiger partial charge in [0.1, 0.15) is 11.6 Å². The lowest BCUT2D eigenvalue weighted by Crippen LogP contribution is -2.16. The first kappa shape index (κ1) is 14.3. The normalized spacial score (nSPS) is 10.5. The van der Waals surface area contributed by atoms with Gasteiger partial charge in [0.25, 0.3) is 5.56 Å². The molecule has 2 rings (SSSR count). The number of H-pyrrole nitrogens is 1. The van der Waals surface area contributed by atoms with E-state index in [4.69, 9.17) is 10.5 Å². The molecule has 1 aromatic carbocycles. The van der Waals surface area contributed by atoms with Gasteiger partial charge >= 0.3 is 0 Å². The Balaban J connectivity index is 1.92. The fraction of sp³-hybridized carbons (Fsp3) is 0.333. The molecule has 1 aromatic heterocycles. The summed E-state index contributed by atoms with van der Waals surface area (Å²) in [6.07, 6.45) is 1.55. The van der Waals surface area contributed by atoms with E-state index in [0.717, 1.165) is 12.2 Å². The van der Waals surface area contributed by atoms with Gasteiger partial charge < -0.3 is 15.5 Å². The Labute approximate surface area is 117 Å². The van der Waals surface area contributed by atoms with Crippen LogP contribution in [0.3, 0.4) is 0 Å². The van der Waals surface area contributed by atoms with Crippen LogP contribution in [0.2, 0.25) is 0 Å². The molecular formula is C15H19N3O2. The van der Waals surface area contributed by atoms with Crippen molar-refractivity contribution in [1.29, 1.82) is 0 Å². The zero-order valence-corrected chi connectivity index (χ0v) is 11.6. The van der Waals surface area contributed by atoms with Crippen LogP contribution in [0.4, 0.5) is 0 Å². The van der Waals surface area contributed by atoms with Gasteiger partial charge in [0.15, 0.2) is 0 Å². The molecule has 0 radical (unpaired) electrons. The molecule has 0 aliphatic carbocycles. The lowest BCUT2D eigenvalue weighted by Gasteiger charge is -2.07. The minimum atomic E-state index is -0.178. The van der Waals surface area contributed by atoms with Gasteiger partial charge in [-0.05, 0) is 24.1 Å². The minimum absolute atomic E-state index is 0.178. The third kappa shape index (κ3) is 3.93. The summed E-state index contributed by atoms with van der Waals surface area (Å²) in [7, 11) is 0. The summed E-state index contributed by atoms with van der Waals surface area (Å²) >= 11 is 0. The molecule has 0 aliphatic rings. The van der Waals surface area contributed by atoms with E-state index in [2.05, 4.69) is 16.9 Å². The molecule has 0 saturated carbocycles. The standard InChI is InChI=1S/C15H19N3O2/c1-2-11-3-5-13(6-4-11)20-8-7-14-17-12(10-16)9-15(19)18-14/h3-6,9H,2,7-8,10,16H2,1H3,(H,17,18,19). The monoisotopic (exact) mass is 273 g/mol. The number of aryl methyl sites for hydroxylation is 1. The van der Waals surface area contributed by atoms with Crippen molar-refractivity contribution < 1.29 is 4.74 Å². The van der Waals surface area contributed by atoms with E-state index in [1.165, 1.54) is 11.6 Å². The molecule has 5 heteroatoms. The molecule has 0 bridgehead atoms. The molecule has 0 amide bonds. The number of hydrogen-bond donors (Lipinski definition) is 2. The van der Waals surface area contributed by atoms with Crippen LogP contribution >= 0.6 is 0 Å². The number of nitrogens with zero attached hydrogens (tertiary/aromatic N) is 1. The quantitative estimate of drug-likeness (QED) is 0.834. The number of benzene rings is 1. The van der Waals surface area contributed by atoms with Crippen molar-refractivity contribution in [1.82, 2.24) is 9.97 Å². The van der Waals surface area contributed by atoms with Gasteiger partial charge in [0, 0.05) is 19.0 Å². The van der Waals surface area contributed by atoms with Crippen molar-refractivity contribution in [2.24, 2.45) is 5.73 Å². The third-order valence-electron chi connectivity index (χ3n) is 2.99. The number of rotatable bonds is 6. The summed E-state index contributed by atoms with van der Waals surface area (Å²) in [5.41, 5.74) is 7.18. The SMILES string of the molecule is CCc1ccc(OCCc2nc(CN)cc(=O)[nH]2)cc1. The van der Waals surface area contributed by atoms with E-state index in [9.17, 15) is 4.79 Å². The third-order valence-corrected chi connectivity index (χ3v) is 2.99. The maximum atomic E-state index is 11.4. The van der Waals surface area contributed by atoms with Gasteiger partial charge in [-0.3, -0.25) is 4.79 Å². The topological polar surface area (TPSA) is 81.0 Å². The van der Waals surface area contributed by atoms with Crippen molar-refractivity contribution in [2.75, 3.05) is 6.61 Å². The number of aromatic amines is 1. The van der Waals surface area contributed by atoms with Gasteiger partial charge in [-0.15, -0.1) is 0 Å². The first-order valence-electron chi connectivity index (χ1n) is 6.72. The highest BCUT2D eigenvalue weighted by molar-refractivity contribution is 5.27. The number of hydrogen-bond acceptors (Lipinski definition) is 4. The Bertz CT molecular complexity index is 605. The summed E-state index contributed by atoms with van der Waals surface area (Å²) in [4.78, 5) is 18.3. The zero-order chi connectivity index (χ0) is 14.4. The number of nitrogens with one attached hydrogen (secondary N) is 1. The summed E-state index contributed by atoms with van der Waals surface area (Å²) in [6.45, 7) is 2.83. The second-order valence-electron chi connectivity index (χ2n) is 4.48. The molecule has 0 aliphatic heterocycles. The first-order chi connectivity index (χ1) is 9.71. The lowest BCUT2D eigenvalue weighted by molar-refractivity contribution is 0.318. The molecule has 20 heavy (non-hydrogen) atoms. The van der Waals surface area contributed by atoms with Gasteiger partial charge in [0.2, 0.25) is 0 Å². The summed E-state index contributed by atoms with van der Waals surface area (Å²) in [5, 5.41) is 0. The maximum Gasteiger partial charge on any atom is 0.251 e.